The zero-order chi connectivity index (χ0) is 19.7. The summed E-state index contributed by atoms with van der Waals surface area (Å²) in [6.07, 6.45) is 0. The van der Waals surface area contributed by atoms with Gasteiger partial charge in [-0.1, -0.05) is 29.8 Å². The van der Waals surface area contributed by atoms with E-state index in [1.54, 1.807) is 0 Å². The van der Waals surface area contributed by atoms with Crippen LogP contribution in [0.3, 0.4) is 0 Å². The third-order valence-corrected chi connectivity index (χ3v) is 5.68. The van der Waals surface area contributed by atoms with Crippen LogP contribution in [0.5, 0.6) is 0 Å². The van der Waals surface area contributed by atoms with Gasteiger partial charge in [0.25, 0.3) is 5.91 Å². The van der Waals surface area contributed by atoms with E-state index < -0.39 is 0 Å². The Morgan fingerprint density at radius 2 is 1.79 bits per heavy atom. The van der Waals surface area contributed by atoms with E-state index in [2.05, 4.69) is 5.32 Å². The Kier molecular flexibility index (Phi) is 5.03. The fourth-order valence-corrected chi connectivity index (χ4v) is 3.99. The fourth-order valence-electron chi connectivity index (χ4n) is 2.98. The second-order valence-corrected chi connectivity index (χ2v) is 8.29. The topological polar surface area (TPSA) is 45.2 Å². The number of hydrogen-bond acceptors (Lipinski definition) is 4. The summed E-state index contributed by atoms with van der Waals surface area (Å²) in [4.78, 5) is 20.7. The molecule has 0 aliphatic heterocycles. The number of fused-ring (bicyclic) bond motifs is 1. The van der Waals surface area contributed by atoms with E-state index in [4.69, 9.17) is 16.6 Å². The van der Waals surface area contributed by atoms with Gasteiger partial charge in [0.05, 0.1) is 26.0 Å². The van der Waals surface area contributed by atoms with Crippen LogP contribution in [-0.2, 0) is 0 Å². The van der Waals surface area contributed by atoms with Crippen molar-refractivity contribution in [2.45, 2.75) is 0 Å². The lowest BCUT2D eigenvalue weighted by Crippen LogP contribution is -2.13. The molecular formula is C22H18ClN3OS. The summed E-state index contributed by atoms with van der Waals surface area (Å²) in [5, 5.41) is 3.81. The van der Waals surface area contributed by atoms with E-state index in [0.29, 0.717) is 9.90 Å². The van der Waals surface area contributed by atoms with Gasteiger partial charge in [0, 0.05) is 30.9 Å². The van der Waals surface area contributed by atoms with Gasteiger partial charge in [-0.2, -0.15) is 0 Å². The number of anilines is 2. The highest BCUT2D eigenvalue weighted by atomic mass is 35.5. The number of carbonyl (C=O) groups excluding carboxylic acids is 1. The van der Waals surface area contributed by atoms with Crippen LogP contribution in [0.2, 0.25) is 4.34 Å². The quantitative estimate of drug-likeness (QED) is 0.455. The molecule has 2 aromatic heterocycles. The number of carbonyl (C=O) groups is 1. The van der Waals surface area contributed by atoms with Gasteiger partial charge in [-0.15, -0.1) is 11.3 Å². The van der Waals surface area contributed by atoms with Crippen LogP contribution < -0.4 is 10.2 Å². The normalized spacial score (nSPS) is 10.8. The molecule has 140 valence electrons. The molecule has 0 aliphatic rings. The van der Waals surface area contributed by atoms with Crippen LogP contribution in [0.4, 0.5) is 11.4 Å². The maximum absolute atomic E-state index is 13.1. The minimum Gasteiger partial charge on any atom is -0.378 e. The molecule has 28 heavy (non-hydrogen) atoms. The minimum atomic E-state index is -0.167. The second kappa shape index (κ2) is 7.62. The number of para-hydroxylation sites is 1. The number of amides is 1. The van der Waals surface area contributed by atoms with Crippen molar-refractivity contribution in [3.63, 3.8) is 0 Å². The summed E-state index contributed by atoms with van der Waals surface area (Å²) in [5.41, 5.74) is 3.92. The summed E-state index contributed by atoms with van der Waals surface area (Å²) in [7, 11) is 3.96. The lowest BCUT2D eigenvalue weighted by Gasteiger charge is -2.13. The number of thiophene rings is 1. The van der Waals surface area contributed by atoms with Gasteiger partial charge in [-0.05, 0) is 48.5 Å². The lowest BCUT2D eigenvalue weighted by molar-refractivity contribution is 0.102. The molecule has 0 radical (unpaired) electrons. The summed E-state index contributed by atoms with van der Waals surface area (Å²) in [6, 6.07) is 21.0. The highest BCUT2D eigenvalue weighted by Gasteiger charge is 2.15. The van der Waals surface area contributed by atoms with Crippen LogP contribution in [-0.4, -0.2) is 25.0 Å². The van der Waals surface area contributed by atoms with Crippen molar-refractivity contribution in [3.05, 3.63) is 76.6 Å². The van der Waals surface area contributed by atoms with Crippen molar-refractivity contribution in [1.29, 1.82) is 0 Å². The number of nitrogens with one attached hydrogen (secondary N) is 1. The highest BCUT2D eigenvalue weighted by Crippen LogP contribution is 2.32. The largest absolute Gasteiger partial charge is 0.378 e. The number of pyridine rings is 1. The van der Waals surface area contributed by atoms with E-state index in [1.807, 2.05) is 85.7 Å². The zero-order valence-electron chi connectivity index (χ0n) is 15.4. The summed E-state index contributed by atoms with van der Waals surface area (Å²) >= 11 is 7.53. The predicted octanol–water partition coefficient (Wildman–Crippen LogP) is 5.94. The van der Waals surface area contributed by atoms with Crippen molar-refractivity contribution in [3.8, 4) is 10.6 Å². The van der Waals surface area contributed by atoms with E-state index >= 15 is 0 Å². The molecule has 4 aromatic rings. The van der Waals surface area contributed by atoms with Gasteiger partial charge in [0.1, 0.15) is 0 Å². The molecule has 0 atom stereocenters. The first-order valence-corrected chi connectivity index (χ1v) is 9.95. The zero-order valence-corrected chi connectivity index (χ0v) is 17.0. The molecule has 2 aromatic carbocycles. The van der Waals surface area contributed by atoms with E-state index in [-0.39, 0.29) is 5.91 Å². The summed E-state index contributed by atoms with van der Waals surface area (Å²) in [6.45, 7) is 0. The smallest absolute Gasteiger partial charge is 0.256 e. The Morgan fingerprint density at radius 3 is 2.46 bits per heavy atom. The standard InChI is InChI=1S/C22H18ClN3OS/c1-26(2)15-9-7-14(8-10-15)24-22(27)17-13-19(20-11-12-21(23)28-20)25-18-6-4-3-5-16(17)18/h3-13H,1-2H3,(H,24,27). The second-order valence-electron chi connectivity index (χ2n) is 6.57. The van der Waals surface area contributed by atoms with Gasteiger partial charge in [0.2, 0.25) is 0 Å². The Balaban J connectivity index is 1.73. The SMILES string of the molecule is CN(C)c1ccc(NC(=O)c2cc(-c3ccc(Cl)s3)nc3ccccc23)cc1. The van der Waals surface area contributed by atoms with Crippen LogP contribution in [0, 0.1) is 0 Å². The van der Waals surface area contributed by atoms with Gasteiger partial charge in [-0.25, -0.2) is 4.98 Å². The molecule has 0 unspecified atom stereocenters. The van der Waals surface area contributed by atoms with Crippen molar-refractivity contribution >= 4 is 51.1 Å². The number of hydrogen-bond donors (Lipinski definition) is 1. The Labute approximate surface area is 172 Å². The average Bonchev–Trinajstić information content (AvgIpc) is 3.14. The predicted molar refractivity (Wildman–Crippen MR) is 119 cm³/mol. The maximum atomic E-state index is 13.1. The van der Waals surface area contributed by atoms with E-state index in [9.17, 15) is 4.79 Å². The third-order valence-electron chi connectivity index (χ3n) is 4.43. The molecule has 4 nitrogen and oxygen atoms in total. The molecule has 0 spiro atoms. The lowest BCUT2D eigenvalue weighted by atomic mass is 10.1. The molecule has 1 N–H and O–H groups in total. The molecule has 4 rings (SSSR count). The average molecular weight is 408 g/mol. The van der Waals surface area contributed by atoms with Crippen LogP contribution in [0.1, 0.15) is 10.4 Å². The van der Waals surface area contributed by atoms with E-state index in [1.165, 1.54) is 11.3 Å². The fraction of sp³-hybridized carbons (Fsp3) is 0.0909. The van der Waals surface area contributed by atoms with Crippen molar-refractivity contribution in [2.24, 2.45) is 0 Å². The first kappa shape index (κ1) is 18.5. The van der Waals surface area contributed by atoms with E-state index in [0.717, 1.165) is 32.8 Å². The Bertz CT molecular complexity index is 1150. The van der Waals surface area contributed by atoms with Crippen molar-refractivity contribution in [2.75, 3.05) is 24.3 Å². The number of aromatic nitrogens is 1. The van der Waals surface area contributed by atoms with Crippen LogP contribution in [0.15, 0.2) is 66.7 Å². The Morgan fingerprint density at radius 1 is 1.04 bits per heavy atom. The molecular weight excluding hydrogens is 390 g/mol. The maximum Gasteiger partial charge on any atom is 0.256 e. The van der Waals surface area contributed by atoms with Gasteiger partial charge < -0.3 is 10.2 Å². The van der Waals surface area contributed by atoms with Gasteiger partial charge in [0.15, 0.2) is 0 Å². The molecule has 1 amide bonds. The number of halogens is 1. The first-order chi connectivity index (χ1) is 13.5. The molecule has 0 bridgehead atoms. The van der Waals surface area contributed by atoms with Gasteiger partial charge >= 0.3 is 0 Å². The molecule has 0 aliphatic carbocycles. The number of nitrogens with zero attached hydrogens (tertiary/aromatic N) is 2. The van der Waals surface area contributed by atoms with Gasteiger partial charge in [-0.3, -0.25) is 4.79 Å². The highest BCUT2D eigenvalue weighted by molar-refractivity contribution is 7.19. The van der Waals surface area contributed by atoms with Crippen molar-refractivity contribution in [1.82, 2.24) is 4.98 Å². The number of benzene rings is 2. The van der Waals surface area contributed by atoms with Crippen LogP contribution >= 0.6 is 22.9 Å². The summed E-state index contributed by atoms with van der Waals surface area (Å²) < 4.78 is 0.692. The Hall–Kier alpha value is -2.89. The minimum absolute atomic E-state index is 0.167. The molecule has 0 saturated carbocycles. The third kappa shape index (κ3) is 3.72. The van der Waals surface area contributed by atoms with Crippen molar-refractivity contribution < 1.29 is 4.79 Å². The number of rotatable bonds is 4. The molecule has 0 saturated heterocycles. The molecule has 2 heterocycles. The molecule has 0 fully saturated rings. The molecule has 6 heteroatoms. The monoisotopic (exact) mass is 407 g/mol. The summed E-state index contributed by atoms with van der Waals surface area (Å²) in [5.74, 6) is -0.167. The van der Waals surface area contributed by atoms with Crippen LogP contribution in [0.25, 0.3) is 21.5 Å². The first-order valence-electron chi connectivity index (χ1n) is 8.75.